The molecule has 0 aromatic carbocycles. The van der Waals surface area contributed by atoms with Crippen LogP contribution in [0.2, 0.25) is 0 Å². The van der Waals surface area contributed by atoms with Crippen LogP contribution in [-0.4, -0.2) is 146 Å². The number of pyridine rings is 3. The summed E-state index contributed by atoms with van der Waals surface area (Å²) >= 11 is 0. The van der Waals surface area contributed by atoms with Crippen LogP contribution in [0.3, 0.4) is 0 Å². The number of alkyl halides is 9. The first kappa shape index (κ1) is 90.8. The lowest BCUT2D eigenvalue weighted by Crippen LogP contribution is -2.42. The largest absolute Gasteiger partial charge is 0.451 e. The number of halogens is 9. The van der Waals surface area contributed by atoms with Crippen molar-refractivity contribution in [1.29, 1.82) is 0 Å². The van der Waals surface area contributed by atoms with Gasteiger partial charge in [-0.2, -0.15) is 58.0 Å². The molecule has 0 radical (unpaired) electrons. The van der Waals surface area contributed by atoms with Crippen molar-refractivity contribution < 1.29 is 72.8 Å². The minimum atomic E-state index is -4.70. The van der Waals surface area contributed by atoms with Gasteiger partial charge in [0, 0.05) is 75.0 Å². The van der Waals surface area contributed by atoms with E-state index in [1.165, 1.54) is 130 Å². The number of fused-ring (bicyclic) bond motifs is 3. The zero-order chi connectivity index (χ0) is 85.2. The number of imidazole rings is 3. The van der Waals surface area contributed by atoms with Crippen LogP contribution in [0.4, 0.5) is 57.0 Å². The van der Waals surface area contributed by atoms with Crippen LogP contribution in [0, 0.1) is 6.92 Å². The second-order valence-corrected chi connectivity index (χ2v) is 25.4. The topological polar surface area (TPSA) is 505 Å². The Balaban J connectivity index is 0.000000221. The monoisotopic (exact) mass is 1700 g/mol. The molecule has 0 aliphatic heterocycles. The summed E-state index contributed by atoms with van der Waals surface area (Å²) in [6, 6.07) is 10.4. The van der Waals surface area contributed by atoms with Gasteiger partial charge in [0.05, 0.1) is 49.0 Å². The number of aromatic nitrogens is 23. The van der Waals surface area contributed by atoms with Crippen molar-refractivity contribution in [2.75, 3.05) is 16.0 Å². The molecular formula is C70H68F9N27O13S. The number of Topliss-reactive ketones (excluding diaryl/α,β-unsaturated/α-hetero) is 2. The molecule has 4 amide bonds. The van der Waals surface area contributed by atoms with Crippen LogP contribution < -0.4 is 55.4 Å². The summed E-state index contributed by atoms with van der Waals surface area (Å²) < 4.78 is 129. The fourth-order valence-electron chi connectivity index (χ4n) is 11.3. The summed E-state index contributed by atoms with van der Waals surface area (Å²) in [4.78, 5) is 200. The Kier molecular flexibility index (Phi) is 27.4. The Hall–Kier alpha value is -14.8. The third-order valence-electron chi connectivity index (χ3n) is 17.1. The zero-order valence-electron chi connectivity index (χ0n) is 62.0. The fraction of sp³-hybridized carbons (Fsp3) is 0.286. The molecule has 13 aromatic rings. The average Bonchev–Trinajstić information content (AvgIpc) is 1.54. The van der Waals surface area contributed by atoms with Gasteiger partial charge in [-0.1, -0.05) is 38.2 Å². The van der Waals surface area contributed by atoms with Gasteiger partial charge in [-0.05, 0) is 71.0 Å². The molecule has 0 unspecified atom stereocenters. The highest BCUT2D eigenvalue weighted by Crippen LogP contribution is 2.31. The molecule has 50 heteroatoms. The molecule has 0 aliphatic carbocycles. The van der Waals surface area contributed by atoms with E-state index in [1.54, 1.807) is 13.0 Å². The molecule has 0 spiro atoms. The minimum absolute atomic E-state index is 0. The first-order chi connectivity index (χ1) is 55.1. The summed E-state index contributed by atoms with van der Waals surface area (Å²) in [7, 11) is 4.13. The van der Waals surface area contributed by atoms with E-state index >= 15 is 0 Å². The maximum atomic E-state index is 13.3. The number of ketones is 2. The van der Waals surface area contributed by atoms with Crippen molar-refractivity contribution in [2.24, 2.45) is 26.9 Å². The minimum Gasteiger partial charge on any atom is -0.368 e. The molecule has 13 rings (SSSR count). The quantitative estimate of drug-likeness (QED) is 0.0572. The van der Waals surface area contributed by atoms with Gasteiger partial charge in [0.15, 0.2) is 45.1 Å². The summed E-state index contributed by atoms with van der Waals surface area (Å²) in [5.74, 6) is -7.09. The summed E-state index contributed by atoms with van der Waals surface area (Å²) in [5.41, 5.74) is 1.44. The van der Waals surface area contributed by atoms with Gasteiger partial charge in [0.2, 0.25) is 47.0 Å². The molecule has 0 saturated carbocycles. The Morgan fingerprint density at radius 3 is 1.04 bits per heavy atom. The Labute approximate surface area is 672 Å². The lowest BCUT2D eigenvalue weighted by Gasteiger charge is -2.15. The molecule has 0 fully saturated rings. The summed E-state index contributed by atoms with van der Waals surface area (Å²) in [6.45, 7) is 5.67. The van der Waals surface area contributed by atoms with Crippen LogP contribution in [0.5, 0.6) is 0 Å². The second-order valence-electron chi connectivity index (χ2n) is 25.4. The third-order valence-corrected chi connectivity index (χ3v) is 17.1. The number of nitrogens with two attached hydrogens (primary N) is 1. The van der Waals surface area contributed by atoms with Gasteiger partial charge < -0.3 is 39.9 Å². The van der Waals surface area contributed by atoms with Crippen molar-refractivity contribution in [3.8, 4) is 33.8 Å². The molecule has 630 valence electrons. The van der Waals surface area contributed by atoms with E-state index < -0.39 is 143 Å². The summed E-state index contributed by atoms with van der Waals surface area (Å²) in [6.07, 6.45) is -5.05. The number of carbonyl (C=O) groups is 6. The van der Waals surface area contributed by atoms with Gasteiger partial charge >= 0.3 is 35.6 Å². The van der Waals surface area contributed by atoms with E-state index in [1.807, 2.05) is 0 Å². The third kappa shape index (κ3) is 19.5. The molecule has 0 aliphatic rings. The van der Waals surface area contributed by atoms with E-state index in [2.05, 4.69) is 85.9 Å². The number of carbonyl (C=O) groups excluding carboxylic acids is 6. The average molecular weight is 1700 g/mol. The number of primary amides is 1. The number of anilines is 3. The van der Waals surface area contributed by atoms with E-state index in [0.29, 0.717) is 15.0 Å². The molecule has 120 heavy (non-hydrogen) atoms. The molecule has 40 nitrogen and oxygen atoms in total. The second kappa shape index (κ2) is 36.2. The van der Waals surface area contributed by atoms with Crippen molar-refractivity contribution in [3.63, 3.8) is 0 Å². The first-order valence-corrected chi connectivity index (χ1v) is 33.7. The zero-order valence-corrected chi connectivity index (χ0v) is 63.0. The highest BCUT2D eigenvalue weighted by Gasteiger charge is 2.37. The molecule has 0 saturated heterocycles. The highest BCUT2D eigenvalue weighted by atomic mass is 32.1. The first-order valence-electron chi connectivity index (χ1n) is 33.7. The molecule has 13 aromatic heterocycles. The van der Waals surface area contributed by atoms with Gasteiger partial charge in [-0.15, -0.1) is 0 Å². The van der Waals surface area contributed by atoms with Crippen LogP contribution in [0.15, 0.2) is 144 Å². The number of nitrogens with one attached hydrogen (secondary N) is 3. The Morgan fingerprint density at radius 2 is 0.758 bits per heavy atom. The normalized spacial score (nSPS) is 12.1. The summed E-state index contributed by atoms with van der Waals surface area (Å²) in [5, 5.41) is 11.4. The smallest absolute Gasteiger partial charge is 0.368 e. The number of nitrogens with zero attached hydrogens (tertiary/aromatic N) is 23. The predicted octanol–water partition coefficient (Wildman–Crippen LogP) is 5.06. The number of hydrogen-bond acceptors (Lipinski definition) is 27. The molecular weight excluding hydrogens is 1630 g/mol. The number of hydrogen-bond donors (Lipinski definition) is 4. The van der Waals surface area contributed by atoms with Crippen molar-refractivity contribution in [3.05, 3.63) is 202 Å². The molecule has 3 atom stereocenters. The van der Waals surface area contributed by atoms with Gasteiger partial charge in [-0.25, -0.2) is 83.3 Å². The number of aryl methyl sites for hydroxylation is 4. The molecule has 13 heterocycles. The van der Waals surface area contributed by atoms with Gasteiger partial charge in [0.1, 0.15) is 54.5 Å². The number of amides is 4. The SMILES string of the molecule is C.C.CC(=O)CC(=O)Cn1c(=O)c2c(ncn2[C@@H](C)C(=O)Nc2cccc(-c3cnc(C(F)(F)F)nc3)n2)n(C)c1=O.C[C@@H](C(=O)Nc1cccc(-c2cnc(C(F)(F)F)nc2)n1)n1cnc2c1c(=O)n(CC(N)=O)c(=O)n2C.Cc1noc(Cn2c(=O)c3c(ncn3[C@@H](C)C(=O)Nc3cccc(-c4cnc(C(F)(F)F)nc4)n3)n(C)c2=O)n1.S. The maximum Gasteiger partial charge on any atom is 0.451 e. The van der Waals surface area contributed by atoms with Crippen molar-refractivity contribution in [2.45, 2.75) is 112 Å². The van der Waals surface area contributed by atoms with Crippen LogP contribution in [0.1, 0.15) is 96.3 Å². The van der Waals surface area contributed by atoms with Gasteiger partial charge in [0.25, 0.3) is 16.7 Å². The standard InChI is InChI=1S/C24H21F3N8O5.C23H19F3N10O4.C21H18F3N9O4.2CH4.H2S/c1-12(36)7-15(37)10-34-21(39)18-19(33(3)23(34)40)30-11-35(18)13(2)20(38)32-17-6-4-5-16(31-17)14-8-28-22(29-9-14)24(25,26)27;1-11(19(37)32-15-6-4-5-14(31-15)13-7-27-21(28-8-13)23(24,25)26)36-10-29-18-17(36)20(38)35(22(39)34(18)3)9-16-30-12(2)33-40-16;1-10(33-9-28-16-15(33)18(36)32(8-13(25)34)20(37)31(16)2)17(35)30-14-5-3-4-12(29-14)11-6-26-19(27-7-11)21(22,23)24;;;/h4-6,8-9,11,13H,7,10H2,1-3H3,(H,31,32,38);4-8,10-11H,9H2,1-3H3,(H,31,32,37);3-7,9-10H,8H2,1-2H3,(H2,25,34)(H,29,30,35);2*1H4;1H2/t13-;11-;10-;;;/m000.../s1. The predicted molar refractivity (Wildman–Crippen MR) is 410 cm³/mol. The lowest BCUT2D eigenvalue weighted by atomic mass is 10.2. The van der Waals surface area contributed by atoms with Crippen molar-refractivity contribution in [1.82, 2.24) is 111 Å². The fourth-order valence-corrected chi connectivity index (χ4v) is 11.3. The van der Waals surface area contributed by atoms with Crippen LogP contribution in [0.25, 0.3) is 67.3 Å². The van der Waals surface area contributed by atoms with Crippen LogP contribution in [-0.2, 0) is 88.1 Å². The number of rotatable bonds is 20. The van der Waals surface area contributed by atoms with E-state index in [0.717, 1.165) is 55.4 Å². The lowest BCUT2D eigenvalue weighted by molar-refractivity contribution is -0.145. The van der Waals surface area contributed by atoms with E-state index in [-0.39, 0.29) is 126 Å². The molecule has 5 N–H and O–H groups in total. The highest BCUT2D eigenvalue weighted by molar-refractivity contribution is 7.59. The molecule has 0 bridgehead atoms. The van der Waals surface area contributed by atoms with E-state index in [4.69, 9.17) is 10.3 Å². The van der Waals surface area contributed by atoms with Crippen molar-refractivity contribution >= 4 is 99.6 Å². The Morgan fingerprint density at radius 1 is 0.458 bits per heavy atom. The Bertz CT molecular complexity index is 6490. The van der Waals surface area contributed by atoms with Gasteiger partial charge in [-0.3, -0.25) is 61.4 Å². The van der Waals surface area contributed by atoms with Crippen LogP contribution >= 0.6 is 13.5 Å². The maximum absolute atomic E-state index is 13.3. The van der Waals surface area contributed by atoms with E-state index in [9.17, 15) is 97.0 Å².